The molecule has 6 heteroatoms. The van der Waals surface area contributed by atoms with Crippen LogP contribution < -0.4 is 10.2 Å². The third kappa shape index (κ3) is 3.52. The van der Waals surface area contributed by atoms with E-state index in [-0.39, 0.29) is 11.9 Å². The predicted octanol–water partition coefficient (Wildman–Crippen LogP) is 3.32. The van der Waals surface area contributed by atoms with Crippen LogP contribution in [0.2, 0.25) is 0 Å². The van der Waals surface area contributed by atoms with Gasteiger partial charge in [-0.2, -0.15) is 4.98 Å². The van der Waals surface area contributed by atoms with Crippen molar-refractivity contribution in [3.05, 3.63) is 36.0 Å². The molecule has 1 amide bonds. The normalized spacial score (nSPS) is 15.9. The van der Waals surface area contributed by atoms with Crippen molar-refractivity contribution in [2.45, 2.75) is 45.6 Å². The fraction of sp³-hybridized carbons (Fsp3) is 0.471. The number of carbonyl (C=O) groups excluding carboxylic acids is 1. The molecule has 122 valence electrons. The summed E-state index contributed by atoms with van der Waals surface area (Å²) in [4.78, 5) is 18.1. The van der Waals surface area contributed by atoms with E-state index in [9.17, 15) is 4.79 Å². The number of hydrogen-bond donors (Lipinski definition) is 1. The van der Waals surface area contributed by atoms with Gasteiger partial charge in [0, 0.05) is 30.8 Å². The van der Waals surface area contributed by atoms with Crippen LogP contribution in [0, 0.1) is 0 Å². The van der Waals surface area contributed by atoms with Gasteiger partial charge in [0.05, 0.1) is 0 Å². The molecule has 1 N–H and O–H groups in total. The molecule has 2 heterocycles. The van der Waals surface area contributed by atoms with Crippen molar-refractivity contribution >= 4 is 17.3 Å². The molecule has 0 bridgehead atoms. The molecule has 0 aliphatic carbocycles. The minimum Gasteiger partial charge on any atom is -0.374 e. The Bertz CT molecular complexity index is 683. The number of nitrogens with zero attached hydrogens (tertiary/aromatic N) is 3. The number of aromatic nitrogens is 2. The Morgan fingerprint density at radius 3 is 3.04 bits per heavy atom. The number of nitrogens with one attached hydrogen (secondary N) is 1. The molecule has 6 nitrogen and oxygen atoms in total. The minimum absolute atomic E-state index is 0.0855. The van der Waals surface area contributed by atoms with E-state index in [2.05, 4.69) is 22.4 Å². The molecule has 1 fully saturated rings. The molecule has 2 aromatic rings. The summed E-state index contributed by atoms with van der Waals surface area (Å²) in [7, 11) is 0. The zero-order chi connectivity index (χ0) is 16.2. The number of aryl methyl sites for hydroxylation is 1. The van der Waals surface area contributed by atoms with Gasteiger partial charge in [0.15, 0.2) is 5.82 Å². The van der Waals surface area contributed by atoms with Crippen LogP contribution in [-0.4, -0.2) is 22.6 Å². The van der Waals surface area contributed by atoms with E-state index in [1.807, 2.05) is 36.1 Å². The lowest BCUT2D eigenvalue weighted by Crippen LogP contribution is -2.23. The van der Waals surface area contributed by atoms with Crippen molar-refractivity contribution in [2.24, 2.45) is 0 Å². The highest BCUT2D eigenvalue weighted by molar-refractivity contribution is 5.95. The highest BCUT2D eigenvalue weighted by Crippen LogP contribution is 2.26. The van der Waals surface area contributed by atoms with Gasteiger partial charge in [-0.1, -0.05) is 18.1 Å². The summed E-state index contributed by atoms with van der Waals surface area (Å²) in [6, 6.07) is 7.79. The summed E-state index contributed by atoms with van der Waals surface area (Å²) in [5.74, 6) is 1.51. The summed E-state index contributed by atoms with van der Waals surface area (Å²) < 4.78 is 5.31. The number of benzene rings is 1. The van der Waals surface area contributed by atoms with E-state index in [1.54, 1.807) is 0 Å². The average molecular weight is 314 g/mol. The van der Waals surface area contributed by atoms with Gasteiger partial charge in [0.2, 0.25) is 11.8 Å². The second-order valence-electron chi connectivity index (χ2n) is 5.86. The van der Waals surface area contributed by atoms with Crippen LogP contribution in [0.15, 0.2) is 28.8 Å². The molecule has 1 aliphatic rings. The second kappa shape index (κ2) is 6.81. The van der Waals surface area contributed by atoms with Crippen LogP contribution in [-0.2, 0) is 11.2 Å². The van der Waals surface area contributed by atoms with Gasteiger partial charge < -0.3 is 14.7 Å². The van der Waals surface area contributed by atoms with Crippen molar-refractivity contribution in [3.63, 3.8) is 0 Å². The van der Waals surface area contributed by atoms with Gasteiger partial charge in [-0.15, -0.1) is 0 Å². The Morgan fingerprint density at radius 1 is 1.43 bits per heavy atom. The first kappa shape index (κ1) is 15.5. The van der Waals surface area contributed by atoms with Gasteiger partial charge in [0.25, 0.3) is 0 Å². The first-order valence-electron chi connectivity index (χ1n) is 8.17. The minimum atomic E-state index is -0.0855. The molecular weight excluding hydrogens is 292 g/mol. The maximum Gasteiger partial charge on any atom is 0.248 e. The SMILES string of the molecule is CCCc1noc([C@H](C)Nc2cccc(N3CCCC3=O)c2)n1. The first-order chi connectivity index (χ1) is 11.2. The molecule has 0 saturated carbocycles. The molecule has 1 atom stereocenters. The average Bonchev–Trinajstić information content (AvgIpc) is 3.17. The molecular formula is C17H22N4O2. The zero-order valence-electron chi connectivity index (χ0n) is 13.6. The first-order valence-corrected chi connectivity index (χ1v) is 8.17. The van der Waals surface area contributed by atoms with E-state index in [0.29, 0.717) is 12.3 Å². The summed E-state index contributed by atoms with van der Waals surface area (Å²) >= 11 is 0. The number of anilines is 2. The van der Waals surface area contributed by atoms with E-state index in [0.717, 1.165) is 43.0 Å². The monoisotopic (exact) mass is 314 g/mol. The highest BCUT2D eigenvalue weighted by Gasteiger charge is 2.22. The Labute approximate surface area is 135 Å². The fourth-order valence-electron chi connectivity index (χ4n) is 2.76. The summed E-state index contributed by atoms with van der Waals surface area (Å²) in [5.41, 5.74) is 1.87. The Hall–Kier alpha value is -2.37. The van der Waals surface area contributed by atoms with E-state index in [1.165, 1.54) is 0 Å². The number of hydrogen-bond acceptors (Lipinski definition) is 5. The zero-order valence-corrected chi connectivity index (χ0v) is 13.6. The standard InChI is InChI=1S/C17H22N4O2/c1-3-6-15-19-17(23-20-15)12(2)18-13-7-4-8-14(11-13)21-10-5-9-16(21)22/h4,7-8,11-12,18H,3,5-6,9-10H2,1-2H3/t12-/m0/s1. The summed E-state index contributed by atoms with van der Waals surface area (Å²) in [5, 5.41) is 7.34. The third-order valence-corrected chi connectivity index (χ3v) is 3.94. The summed E-state index contributed by atoms with van der Waals surface area (Å²) in [6.07, 6.45) is 3.38. The Morgan fingerprint density at radius 2 is 2.30 bits per heavy atom. The number of amides is 1. The van der Waals surface area contributed by atoms with Gasteiger partial charge in [-0.25, -0.2) is 0 Å². The molecule has 0 spiro atoms. The lowest BCUT2D eigenvalue weighted by molar-refractivity contribution is -0.117. The molecule has 23 heavy (non-hydrogen) atoms. The lowest BCUT2D eigenvalue weighted by atomic mass is 10.2. The van der Waals surface area contributed by atoms with Crippen LogP contribution in [0.5, 0.6) is 0 Å². The van der Waals surface area contributed by atoms with Gasteiger partial charge >= 0.3 is 0 Å². The maximum atomic E-state index is 11.9. The second-order valence-corrected chi connectivity index (χ2v) is 5.86. The van der Waals surface area contributed by atoms with Crippen molar-refractivity contribution in [3.8, 4) is 0 Å². The summed E-state index contributed by atoms with van der Waals surface area (Å²) in [6.45, 7) is 4.86. The van der Waals surface area contributed by atoms with Crippen LogP contribution in [0.25, 0.3) is 0 Å². The molecule has 3 rings (SSSR count). The van der Waals surface area contributed by atoms with Crippen LogP contribution in [0.3, 0.4) is 0 Å². The fourth-order valence-corrected chi connectivity index (χ4v) is 2.76. The number of carbonyl (C=O) groups is 1. The van der Waals surface area contributed by atoms with E-state index < -0.39 is 0 Å². The largest absolute Gasteiger partial charge is 0.374 e. The topological polar surface area (TPSA) is 71.3 Å². The van der Waals surface area contributed by atoms with Crippen molar-refractivity contribution < 1.29 is 9.32 Å². The smallest absolute Gasteiger partial charge is 0.248 e. The Kier molecular flexibility index (Phi) is 4.60. The van der Waals surface area contributed by atoms with Crippen LogP contribution in [0.1, 0.15) is 50.9 Å². The van der Waals surface area contributed by atoms with Gasteiger partial charge in [-0.05, 0) is 38.0 Å². The quantitative estimate of drug-likeness (QED) is 0.885. The van der Waals surface area contributed by atoms with Gasteiger partial charge in [0.1, 0.15) is 6.04 Å². The molecule has 1 saturated heterocycles. The van der Waals surface area contributed by atoms with Crippen molar-refractivity contribution in [1.82, 2.24) is 10.1 Å². The molecule has 0 unspecified atom stereocenters. The van der Waals surface area contributed by atoms with E-state index >= 15 is 0 Å². The molecule has 1 aromatic carbocycles. The van der Waals surface area contributed by atoms with Crippen LogP contribution in [0.4, 0.5) is 11.4 Å². The number of rotatable bonds is 6. The van der Waals surface area contributed by atoms with Crippen LogP contribution >= 0.6 is 0 Å². The maximum absolute atomic E-state index is 11.9. The Balaban J connectivity index is 1.70. The molecule has 1 aromatic heterocycles. The van der Waals surface area contributed by atoms with Crippen molar-refractivity contribution in [2.75, 3.05) is 16.8 Å². The molecule has 1 aliphatic heterocycles. The molecule has 0 radical (unpaired) electrons. The third-order valence-electron chi connectivity index (χ3n) is 3.94. The predicted molar refractivity (Wildman–Crippen MR) is 88.4 cm³/mol. The lowest BCUT2D eigenvalue weighted by Gasteiger charge is -2.18. The van der Waals surface area contributed by atoms with E-state index in [4.69, 9.17) is 4.52 Å². The van der Waals surface area contributed by atoms with Gasteiger partial charge in [-0.3, -0.25) is 4.79 Å². The highest BCUT2D eigenvalue weighted by atomic mass is 16.5. The van der Waals surface area contributed by atoms with Crippen molar-refractivity contribution in [1.29, 1.82) is 0 Å².